The van der Waals surface area contributed by atoms with Gasteiger partial charge in [-0.1, -0.05) is 0 Å². The van der Waals surface area contributed by atoms with Gasteiger partial charge in [-0.15, -0.1) is 0 Å². The van der Waals surface area contributed by atoms with Crippen LogP contribution in [0.1, 0.15) is 41.4 Å². The normalized spacial score (nSPS) is 16.2. The van der Waals surface area contributed by atoms with Crippen LogP contribution in [0.5, 0.6) is 0 Å². The summed E-state index contributed by atoms with van der Waals surface area (Å²) in [6.07, 6.45) is 3.21. The van der Waals surface area contributed by atoms with Crippen LogP contribution in [0.25, 0.3) is 10.9 Å². The van der Waals surface area contributed by atoms with Gasteiger partial charge in [0, 0.05) is 55.9 Å². The minimum absolute atomic E-state index is 0.310. The SMILES string of the molecule is Cc1cc2c(CCN3CCNCC3)cn(C(C)C)c2cc1C(=O)O. The fourth-order valence-electron chi connectivity index (χ4n) is 3.54. The molecule has 1 aromatic carbocycles. The van der Waals surface area contributed by atoms with Gasteiger partial charge in [0.05, 0.1) is 5.56 Å². The molecule has 5 heteroatoms. The fraction of sp³-hybridized carbons (Fsp3) is 0.526. The summed E-state index contributed by atoms with van der Waals surface area (Å²) in [5.74, 6) is -0.853. The lowest BCUT2D eigenvalue weighted by Gasteiger charge is -2.26. The third kappa shape index (κ3) is 3.32. The van der Waals surface area contributed by atoms with Crippen molar-refractivity contribution in [2.24, 2.45) is 0 Å². The fourth-order valence-corrected chi connectivity index (χ4v) is 3.54. The topological polar surface area (TPSA) is 57.5 Å². The molecule has 0 saturated carbocycles. The van der Waals surface area contributed by atoms with Crippen molar-refractivity contribution in [1.29, 1.82) is 0 Å². The molecular formula is C19H27N3O2. The van der Waals surface area contributed by atoms with E-state index < -0.39 is 5.97 Å². The lowest BCUT2D eigenvalue weighted by atomic mass is 10.0. The van der Waals surface area contributed by atoms with Crippen molar-refractivity contribution in [1.82, 2.24) is 14.8 Å². The molecule has 1 aromatic heterocycles. The monoisotopic (exact) mass is 329 g/mol. The van der Waals surface area contributed by atoms with E-state index in [0.29, 0.717) is 11.6 Å². The number of aryl methyl sites for hydroxylation is 1. The zero-order chi connectivity index (χ0) is 17.3. The average molecular weight is 329 g/mol. The van der Waals surface area contributed by atoms with Crippen LogP contribution in [-0.2, 0) is 6.42 Å². The second-order valence-corrected chi connectivity index (χ2v) is 6.99. The minimum atomic E-state index is -0.853. The van der Waals surface area contributed by atoms with Gasteiger partial charge in [-0.25, -0.2) is 4.79 Å². The number of hydrogen-bond acceptors (Lipinski definition) is 3. The molecule has 5 nitrogen and oxygen atoms in total. The van der Waals surface area contributed by atoms with Crippen LogP contribution in [0.15, 0.2) is 18.3 Å². The maximum absolute atomic E-state index is 11.5. The van der Waals surface area contributed by atoms with E-state index in [-0.39, 0.29) is 0 Å². The summed E-state index contributed by atoms with van der Waals surface area (Å²) < 4.78 is 2.20. The van der Waals surface area contributed by atoms with Gasteiger partial charge in [0.2, 0.25) is 0 Å². The van der Waals surface area contributed by atoms with Crippen LogP contribution >= 0.6 is 0 Å². The maximum atomic E-state index is 11.5. The number of hydrogen-bond donors (Lipinski definition) is 2. The number of rotatable bonds is 5. The van der Waals surface area contributed by atoms with Crippen molar-refractivity contribution in [2.75, 3.05) is 32.7 Å². The van der Waals surface area contributed by atoms with Crippen molar-refractivity contribution in [3.8, 4) is 0 Å². The molecule has 2 heterocycles. The molecule has 130 valence electrons. The molecule has 24 heavy (non-hydrogen) atoms. The van der Waals surface area contributed by atoms with Crippen LogP contribution in [0.3, 0.4) is 0 Å². The summed E-state index contributed by atoms with van der Waals surface area (Å²) in [6.45, 7) is 11.5. The number of carboxylic acids is 1. The van der Waals surface area contributed by atoms with Crippen LogP contribution in [0.2, 0.25) is 0 Å². The Balaban J connectivity index is 1.95. The van der Waals surface area contributed by atoms with Gasteiger partial charge in [0.15, 0.2) is 0 Å². The first-order chi connectivity index (χ1) is 11.5. The van der Waals surface area contributed by atoms with E-state index in [0.717, 1.165) is 50.2 Å². The summed E-state index contributed by atoms with van der Waals surface area (Å²) in [7, 11) is 0. The van der Waals surface area contributed by atoms with Crippen LogP contribution in [0.4, 0.5) is 0 Å². The van der Waals surface area contributed by atoms with E-state index >= 15 is 0 Å². The summed E-state index contributed by atoms with van der Waals surface area (Å²) in [4.78, 5) is 14.0. The molecule has 0 unspecified atom stereocenters. The van der Waals surface area contributed by atoms with Gasteiger partial charge in [0.1, 0.15) is 0 Å². The Kier molecular flexibility index (Phi) is 4.92. The average Bonchev–Trinajstić information content (AvgIpc) is 2.91. The molecule has 1 aliphatic rings. The van der Waals surface area contributed by atoms with Gasteiger partial charge in [0.25, 0.3) is 0 Å². The third-order valence-electron chi connectivity index (χ3n) is 4.96. The second-order valence-electron chi connectivity index (χ2n) is 6.99. The molecule has 0 atom stereocenters. The van der Waals surface area contributed by atoms with Gasteiger partial charge >= 0.3 is 5.97 Å². The Hall–Kier alpha value is -1.85. The van der Waals surface area contributed by atoms with E-state index in [1.807, 2.05) is 19.1 Å². The molecule has 0 spiro atoms. The molecule has 1 aliphatic heterocycles. The highest BCUT2D eigenvalue weighted by Crippen LogP contribution is 2.28. The molecular weight excluding hydrogens is 302 g/mol. The summed E-state index contributed by atoms with van der Waals surface area (Å²) in [5.41, 5.74) is 3.58. The number of carboxylic acid groups (broad SMARTS) is 1. The number of piperazine rings is 1. The first-order valence-electron chi connectivity index (χ1n) is 8.78. The number of aromatic carboxylic acids is 1. The number of nitrogens with one attached hydrogen (secondary N) is 1. The Labute approximate surface area is 143 Å². The minimum Gasteiger partial charge on any atom is -0.478 e. The molecule has 3 rings (SSSR count). The summed E-state index contributed by atoms with van der Waals surface area (Å²) in [6, 6.07) is 4.19. The zero-order valence-corrected chi connectivity index (χ0v) is 14.8. The molecule has 0 aliphatic carbocycles. The van der Waals surface area contributed by atoms with Gasteiger partial charge in [-0.2, -0.15) is 0 Å². The van der Waals surface area contributed by atoms with Crippen molar-refractivity contribution in [3.05, 3.63) is 35.0 Å². The Morgan fingerprint density at radius 1 is 1.29 bits per heavy atom. The van der Waals surface area contributed by atoms with E-state index in [4.69, 9.17) is 0 Å². The zero-order valence-electron chi connectivity index (χ0n) is 14.8. The first-order valence-corrected chi connectivity index (χ1v) is 8.78. The van der Waals surface area contributed by atoms with Gasteiger partial charge in [-0.05, 0) is 50.5 Å². The Bertz CT molecular complexity index is 743. The standard InChI is InChI=1S/C19H27N3O2/c1-13(2)22-12-15(4-7-21-8-5-20-6-9-21)17-10-14(3)16(19(23)24)11-18(17)22/h10-13,20H,4-9H2,1-3H3,(H,23,24). The van der Waals surface area contributed by atoms with E-state index in [9.17, 15) is 9.90 Å². The molecule has 1 fully saturated rings. The predicted molar refractivity (Wildman–Crippen MR) is 97.0 cm³/mol. The molecule has 2 aromatic rings. The highest BCUT2D eigenvalue weighted by atomic mass is 16.4. The largest absolute Gasteiger partial charge is 0.478 e. The quantitative estimate of drug-likeness (QED) is 0.885. The molecule has 1 saturated heterocycles. The van der Waals surface area contributed by atoms with Crippen LogP contribution in [0, 0.1) is 6.92 Å². The molecule has 2 N–H and O–H groups in total. The number of benzene rings is 1. The van der Waals surface area contributed by atoms with Crippen molar-refractivity contribution >= 4 is 16.9 Å². The maximum Gasteiger partial charge on any atom is 0.336 e. The highest BCUT2D eigenvalue weighted by Gasteiger charge is 2.17. The third-order valence-corrected chi connectivity index (χ3v) is 4.96. The van der Waals surface area contributed by atoms with Crippen LogP contribution < -0.4 is 5.32 Å². The van der Waals surface area contributed by atoms with Crippen molar-refractivity contribution < 1.29 is 9.90 Å². The molecule has 0 bridgehead atoms. The number of fused-ring (bicyclic) bond motifs is 1. The van der Waals surface area contributed by atoms with Gasteiger partial charge in [-0.3, -0.25) is 0 Å². The second kappa shape index (κ2) is 6.95. The van der Waals surface area contributed by atoms with Crippen LogP contribution in [-0.4, -0.2) is 53.3 Å². The number of aromatic nitrogens is 1. The van der Waals surface area contributed by atoms with Gasteiger partial charge < -0.3 is 19.9 Å². The Morgan fingerprint density at radius 2 is 2.00 bits per heavy atom. The van der Waals surface area contributed by atoms with E-state index in [1.54, 1.807) is 0 Å². The van der Waals surface area contributed by atoms with Crippen molar-refractivity contribution in [3.63, 3.8) is 0 Å². The first kappa shape index (κ1) is 17.0. The smallest absolute Gasteiger partial charge is 0.336 e. The van der Waals surface area contributed by atoms with E-state index in [1.165, 1.54) is 10.9 Å². The number of nitrogens with zero attached hydrogens (tertiary/aromatic N) is 2. The number of carbonyl (C=O) groups is 1. The predicted octanol–water partition coefficient (Wildman–Crippen LogP) is 2.68. The molecule has 0 amide bonds. The summed E-state index contributed by atoms with van der Waals surface area (Å²) in [5, 5.41) is 14.0. The lowest BCUT2D eigenvalue weighted by Crippen LogP contribution is -2.44. The highest BCUT2D eigenvalue weighted by molar-refractivity contribution is 5.96. The van der Waals surface area contributed by atoms with Crippen molar-refractivity contribution in [2.45, 2.75) is 33.2 Å². The summed E-state index contributed by atoms with van der Waals surface area (Å²) >= 11 is 0. The molecule has 0 radical (unpaired) electrons. The lowest BCUT2D eigenvalue weighted by molar-refractivity contribution is 0.0696. The Morgan fingerprint density at radius 3 is 2.62 bits per heavy atom. The van der Waals surface area contributed by atoms with E-state index in [2.05, 4.69) is 34.8 Å².